The van der Waals surface area contributed by atoms with Crippen LogP contribution in [0.15, 0.2) is 224 Å². The lowest BCUT2D eigenvalue weighted by atomic mass is 9.65. The molecule has 2 nitrogen and oxygen atoms in total. The van der Waals surface area contributed by atoms with Crippen LogP contribution in [-0.4, -0.2) is 0 Å². The highest BCUT2D eigenvalue weighted by Gasteiger charge is 2.52. The summed E-state index contributed by atoms with van der Waals surface area (Å²) in [6.45, 7) is 4.74. The molecule has 69 heavy (non-hydrogen) atoms. The predicted molar refractivity (Wildman–Crippen MR) is 289 cm³/mol. The van der Waals surface area contributed by atoms with Crippen molar-refractivity contribution in [1.29, 1.82) is 0 Å². The third-order valence-electron chi connectivity index (χ3n) is 15.7. The molecule has 0 fully saturated rings. The molecule has 0 unspecified atom stereocenters. The van der Waals surface area contributed by atoms with Gasteiger partial charge in [-0.2, -0.15) is 0 Å². The standard InChI is InChI=1S/C66H43NOS/c1-65(2)52-23-10-7-20-49(52)62-54(65)25-14-27-58(62)67(44-35-38-60-51(39-44)48-19-9-12-28-59(48)69-60)43-33-29-42(30-34-43)45-22-13-26-55-61(45)50-21-8-11-24-53(50)66(55)56-36-31-40-15-3-5-17-46(40)63(56)68-64-47-18-6-4-16-41(47)32-37-57(64)66/h3-39H,1-2H3. The lowest BCUT2D eigenvalue weighted by Crippen LogP contribution is -2.32. The summed E-state index contributed by atoms with van der Waals surface area (Å²) in [5, 5.41) is 7.16. The topological polar surface area (TPSA) is 12.5 Å². The number of thiophene rings is 1. The van der Waals surface area contributed by atoms with E-state index in [2.05, 4.69) is 243 Å². The SMILES string of the molecule is CC1(C)c2ccccc2-c2c(N(c3ccc(-c4cccc5c4-c4ccccc4C54c5ccc6ccccc6c5Oc5c4ccc4ccccc54)cc3)c3ccc4sc5ccccc5c4c3)cccc21. The summed E-state index contributed by atoms with van der Waals surface area (Å²) in [5.41, 5.74) is 17.9. The lowest BCUT2D eigenvalue weighted by Gasteiger charge is -2.40. The largest absolute Gasteiger partial charge is 0.455 e. The second-order valence-electron chi connectivity index (χ2n) is 19.5. The van der Waals surface area contributed by atoms with Gasteiger partial charge in [-0.3, -0.25) is 0 Å². The Bertz CT molecular complexity index is 4070. The molecule has 0 bridgehead atoms. The number of ether oxygens (including phenoxy) is 1. The van der Waals surface area contributed by atoms with Gasteiger partial charge >= 0.3 is 0 Å². The van der Waals surface area contributed by atoms with E-state index in [-0.39, 0.29) is 5.41 Å². The van der Waals surface area contributed by atoms with Crippen LogP contribution in [0.25, 0.3) is 75.1 Å². The van der Waals surface area contributed by atoms with Crippen LogP contribution in [0.2, 0.25) is 0 Å². The average molecular weight is 898 g/mol. The molecular weight excluding hydrogens is 855 g/mol. The first kappa shape index (κ1) is 38.8. The number of nitrogens with zero attached hydrogens (tertiary/aromatic N) is 1. The summed E-state index contributed by atoms with van der Waals surface area (Å²) < 4.78 is 9.85. The molecule has 2 aliphatic carbocycles. The fraction of sp³-hybridized carbons (Fsp3) is 0.0606. The van der Waals surface area contributed by atoms with E-state index in [0.717, 1.165) is 33.6 Å². The van der Waals surface area contributed by atoms with E-state index in [1.807, 2.05) is 11.3 Å². The van der Waals surface area contributed by atoms with E-state index >= 15 is 0 Å². The van der Waals surface area contributed by atoms with Crippen LogP contribution < -0.4 is 9.64 Å². The molecule has 12 aromatic rings. The highest BCUT2D eigenvalue weighted by atomic mass is 32.1. The fourth-order valence-electron chi connectivity index (χ4n) is 12.7. The Hall–Kier alpha value is -8.24. The van der Waals surface area contributed by atoms with Crippen LogP contribution in [0, 0.1) is 0 Å². The van der Waals surface area contributed by atoms with Crippen molar-refractivity contribution < 1.29 is 4.74 Å². The van der Waals surface area contributed by atoms with Gasteiger partial charge in [-0.1, -0.05) is 196 Å². The monoisotopic (exact) mass is 897 g/mol. The number of fused-ring (bicyclic) bond motifs is 19. The maximum absolute atomic E-state index is 7.24. The van der Waals surface area contributed by atoms with Gasteiger partial charge in [0.1, 0.15) is 11.5 Å². The third-order valence-corrected chi connectivity index (χ3v) is 16.9. The molecule has 0 saturated carbocycles. The Morgan fingerprint density at radius 1 is 0.377 bits per heavy atom. The van der Waals surface area contributed by atoms with Crippen LogP contribution >= 0.6 is 11.3 Å². The van der Waals surface area contributed by atoms with Gasteiger partial charge in [0.15, 0.2) is 0 Å². The highest BCUT2D eigenvalue weighted by molar-refractivity contribution is 7.25. The van der Waals surface area contributed by atoms with Gasteiger partial charge in [-0.05, 0) is 103 Å². The van der Waals surface area contributed by atoms with Crippen LogP contribution in [0.5, 0.6) is 11.5 Å². The summed E-state index contributed by atoms with van der Waals surface area (Å²) in [6.07, 6.45) is 0. The summed E-state index contributed by atoms with van der Waals surface area (Å²) >= 11 is 1.86. The van der Waals surface area contributed by atoms with Gasteiger partial charge in [0.2, 0.25) is 0 Å². The number of anilines is 3. The fourth-order valence-corrected chi connectivity index (χ4v) is 13.8. The first-order chi connectivity index (χ1) is 34.0. The summed E-state index contributed by atoms with van der Waals surface area (Å²) in [4.78, 5) is 2.50. The van der Waals surface area contributed by atoms with E-state index in [9.17, 15) is 0 Å². The van der Waals surface area contributed by atoms with E-state index < -0.39 is 5.41 Å². The van der Waals surface area contributed by atoms with Crippen molar-refractivity contribution in [1.82, 2.24) is 0 Å². The van der Waals surface area contributed by atoms with E-state index in [1.165, 1.54) is 103 Å². The minimum absolute atomic E-state index is 0.127. The Labute approximate surface area is 405 Å². The predicted octanol–water partition coefficient (Wildman–Crippen LogP) is 18.3. The molecule has 1 spiro atoms. The zero-order valence-corrected chi connectivity index (χ0v) is 38.9. The number of benzene rings is 11. The van der Waals surface area contributed by atoms with Crippen LogP contribution in [0.3, 0.4) is 0 Å². The van der Waals surface area contributed by atoms with Gasteiger partial charge in [0.05, 0.1) is 11.1 Å². The van der Waals surface area contributed by atoms with Crippen LogP contribution in [0.4, 0.5) is 17.1 Å². The van der Waals surface area contributed by atoms with Crippen molar-refractivity contribution in [2.24, 2.45) is 0 Å². The molecule has 0 saturated heterocycles. The molecule has 15 rings (SSSR count). The van der Waals surface area contributed by atoms with Gasteiger partial charge in [-0.25, -0.2) is 0 Å². The molecule has 1 aromatic heterocycles. The quantitative estimate of drug-likeness (QED) is 0.175. The van der Waals surface area contributed by atoms with Crippen LogP contribution in [-0.2, 0) is 10.8 Å². The smallest absolute Gasteiger partial charge is 0.140 e. The number of hydrogen-bond acceptors (Lipinski definition) is 3. The number of hydrogen-bond donors (Lipinski definition) is 0. The van der Waals surface area contributed by atoms with Gasteiger partial charge < -0.3 is 9.64 Å². The highest BCUT2D eigenvalue weighted by Crippen LogP contribution is 2.65. The second-order valence-corrected chi connectivity index (χ2v) is 20.6. The maximum atomic E-state index is 7.24. The van der Waals surface area contributed by atoms with E-state index in [1.54, 1.807) is 0 Å². The Kier molecular flexibility index (Phi) is 7.96. The zero-order chi connectivity index (χ0) is 45.6. The van der Waals surface area contributed by atoms with E-state index in [4.69, 9.17) is 4.74 Å². The molecule has 3 heteroatoms. The summed E-state index contributed by atoms with van der Waals surface area (Å²) in [5.74, 6) is 1.86. The number of rotatable bonds is 4. The van der Waals surface area contributed by atoms with Crippen molar-refractivity contribution in [3.63, 3.8) is 0 Å². The van der Waals surface area contributed by atoms with Crippen molar-refractivity contribution >= 4 is 70.1 Å². The Balaban J connectivity index is 0.948. The first-order valence-electron chi connectivity index (χ1n) is 24.0. The Morgan fingerprint density at radius 3 is 1.67 bits per heavy atom. The van der Waals surface area contributed by atoms with Crippen molar-refractivity contribution in [3.8, 4) is 44.9 Å². The van der Waals surface area contributed by atoms with Gasteiger partial charge in [-0.15, -0.1) is 11.3 Å². The molecule has 0 N–H and O–H groups in total. The van der Waals surface area contributed by atoms with E-state index in [0.29, 0.717) is 0 Å². The van der Waals surface area contributed by atoms with Gasteiger partial charge in [0.25, 0.3) is 0 Å². The van der Waals surface area contributed by atoms with Crippen LogP contribution in [0.1, 0.15) is 47.2 Å². The molecule has 324 valence electrons. The second kappa shape index (κ2) is 14.1. The summed E-state index contributed by atoms with van der Waals surface area (Å²) in [6, 6.07) is 83.7. The van der Waals surface area contributed by atoms with Crippen molar-refractivity contribution in [2.45, 2.75) is 24.7 Å². The molecule has 2 heterocycles. The average Bonchev–Trinajstić information content (AvgIpc) is 4.00. The van der Waals surface area contributed by atoms with Gasteiger partial charge in [0, 0.05) is 64.4 Å². The molecule has 3 aliphatic rings. The molecule has 0 atom stereocenters. The molecule has 0 radical (unpaired) electrons. The minimum atomic E-state index is -0.613. The molecule has 11 aromatic carbocycles. The molecule has 1 aliphatic heterocycles. The third kappa shape index (κ3) is 5.20. The normalized spacial score (nSPS) is 14.3. The van der Waals surface area contributed by atoms with Crippen molar-refractivity contribution in [2.75, 3.05) is 4.90 Å². The maximum Gasteiger partial charge on any atom is 0.140 e. The molecule has 0 amide bonds. The first-order valence-corrected chi connectivity index (χ1v) is 24.8. The lowest BCUT2D eigenvalue weighted by molar-refractivity contribution is 0.447. The Morgan fingerprint density at radius 2 is 0.928 bits per heavy atom. The zero-order valence-electron chi connectivity index (χ0n) is 38.1. The van der Waals surface area contributed by atoms with Crippen molar-refractivity contribution in [3.05, 3.63) is 258 Å². The summed E-state index contributed by atoms with van der Waals surface area (Å²) in [7, 11) is 0. The minimum Gasteiger partial charge on any atom is -0.455 e. The molecular formula is C66H43NOS.